The summed E-state index contributed by atoms with van der Waals surface area (Å²) in [6.07, 6.45) is 1.89. The van der Waals surface area contributed by atoms with Crippen LogP contribution in [0.15, 0.2) is 35.3 Å². The molecule has 0 aliphatic rings. The molecule has 2 aromatic heterocycles. The fourth-order valence-corrected chi connectivity index (χ4v) is 2.34. The maximum absolute atomic E-state index is 12.5. The van der Waals surface area contributed by atoms with Crippen LogP contribution in [0.2, 0.25) is 0 Å². The molecule has 22 heavy (non-hydrogen) atoms. The zero-order chi connectivity index (χ0) is 15.7. The number of benzene rings is 1. The third-order valence-corrected chi connectivity index (χ3v) is 3.55. The van der Waals surface area contributed by atoms with Crippen molar-refractivity contribution >= 4 is 5.65 Å². The highest BCUT2D eigenvalue weighted by molar-refractivity contribution is 5.54. The molecule has 106 valence electrons. The molecule has 0 amide bonds. The first kappa shape index (κ1) is 13.6. The van der Waals surface area contributed by atoms with Gasteiger partial charge in [-0.05, 0) is 24.6 Å². The van der Waals surface area contributed by atoms with Crippen molar-refractivity contribution in [2.24, 2.45) is 0 Å². The van der Waals surface area contributed by atoms with Gasteiger partial charge in [-0.3, -0.25) is 9.89 Å². The standard InChI is InChI=1S/C16H11N5O/c1-10-14(6-11-2-4-12(7-17)5-3-11)16(22)21-15(20-10)13(8-18)9-19-21/h2-5,9,19H,6H2,1H3. The van der Waals surface area contributed by atoms with Crippen LogP contribution in [0.4, 0.5) is 0 Å². The van der Waals surface area contributed by atoms with Gasteiger partial charge < -0.3 is 0 Å². The maximum atomic E-state index is 12.5. The monoisotopic (exact) mass is 289 g/mol. The Morgan fingerprint density at radius 3 is 2.59 bits per heavy atom. The topological polar surface area (TPSA) is 97.7 Å². The van der Waals surface area contributed by atoms with Gasteiger partial charge in [0.1, 0.15) is 11.6 Å². The molecule has 3 aromatic rings. The van der Waals surface area contributed by atoms with Gasteiger partial charge in [-0.1, -0.05) is 12.1 Å². The number of nitrogens with one attached hydrogen (secondary N) is 1. The number of rotatable bonds is 2. The molecule has 0 aliphatic heterocycles. The van der Waals surface area contributed by atoms with Crippen LogP contribution >= 0.6 is 0 Å². The first-order valence-corrected chi connectivity index (χ1v) is 6.63. The molecule has 1 N–H and O–H groups in total. The minimum absolute atomic E-state index is 0.214. The number of aryl methyl sites for hydroxylation is 1. The molecule has 0 saturated carbocycles. The normalized spacial score (nSPS) is 10.3. The van der Waals surface area contributed by atoms with E-state index in [-0.39, 0.29) is 5.56 Å². The molecular weight excluding hydrogens is 278 g/mol. The van der Waals surface area contributed by atoms with Crippen molar-refractivity contribution in [1.82, 2.24) is 14.6 Å². The summed E-state index contributed by atoms with van der Waals surface area (Å²) < 4.78 is 1.28. The fourth-order valence-electron chi connectivity index (χ4n) is 2.34. The van der Waals surface area contributed by atoms with Gasteiger partial charge in [-0.25, -0.2) is 9.50 Å². The number of aromatic amines is 1. The number of aromatic nitrogens is 3. The highest BCUT2D eigenvalue weighted by Gasteiger charge is 2.14. The number of fused-ring (bicyclic) bond motifs is 1. The van der Waals surface area contributed by atoms with Crippen LogP contribution in [-0.4, -0.2) is 14.6 Å². The Balaban J connectivity index is 2.09. The third kappa shape index (κ3) is 2.13. The van der Waals surface area contributed by atoms with Crippen molar-refractivity contribution in [3.63, 3.8) is 0 Å². The van der Waals surface area contributed by atoms with Crippen LogP contribution in [0.1, 0.15) is 27.9 Å². The van der Waals surface area contributed by atoms with Gasteiger partial charge >= 0.3 is 0 Å². The highest BCUT2D eigenvalue weighted by Crippen LogP contribution is 2.12. The minimum atomic E-state index is -0.214. The van der Waals surface area contributed by atoms with E-state index in [1.165, 1.54) is 10.7 Å². The number of H-pyrrole nitrogens is 1. The Morgan fingerprint density at radius 1 is 1.23 bits per heavy atom. The lowest BCUT2D eigenvalue weighted by atomic mass is 10.0. The molecule has 6 heteroatoms. The molecule has 0 atom stereocenters. The molecule has 3 rings (SSSR count). The van der Waals surface area contributed by atoms with E-state index in [9.17, 15) is 4.79 Å². The largest absolute Gasteiger partial charge is 0.295 e. The van der Waals surface area contributed by atoms with Crippen LogP contribution in [0.25, 0.3) is 5.65 Å². The Kier molecular flexibility index (Phi) is 3.21. The van der Waals surface area contributed by atoms with E-state index in [2.05, 4.69) is 16.2 Å². The van der Waals surface area contributed by atoms with Gasteiger partial charge in [0.25, 0.3) is 5.56 Å². The number of hydrogen-bond acceptors (Lipinski definition) is 4. The van der Waals surface area contributed by atoms with Crippen LogP contribution in [0.3, 0.4) is 0 Å². The average Bonchev–Trinajstić information content (AvgIpc) is 2.95. The van der Waals surface area contributed by atoms with Crippen molar-refractivity contribution in [1.29, 1.82) is 10.5 Å². The summed E-state index contributed by atoms with van der Waals surface area (Å²) in [6.45, 7) is 1.76. The summed E-state index contributed by atoms with van der Waals surface area (Å²) in [5.74, 6) is 0. The fraction of sp³-hybridized carbons (Fsp3) is 0.125. The molecule has 0 spiro atoms. The van der Waals surface area contributed by atoms with E-state index < -0.39 is 0 Å². The average molecular weight is 289 g/mol. The lowest BCUT2D eigenvalue weighted by Crippen LogP contribution is -2.22. The Labute approximate surface area is 125 Å². The SMILES string of the molecule is Cc1nc2c(C#N)c[nH]n2c(=O)c1Cc1ccc(C#N)cc1. The Bertz CT molecular complexity index is 996. The number of nitriles is 2. The third-order valence-electron chi connectivity index (χ3n) is 3.55. The van der Waals surface area contributed by atoms with E-state index in [0.29, 0.717) is 34.5 Å². The van der Waals surface area contributed by atoms with Crippen molar-refractivity contribution in [3.05, 3.63) is 68.8 Å². The van der Waals surface area contributed by atoms with E-state index in [1.54, 1.807) is 19.1 Å². The summed E-state index contributed by atoms with van der Waals surface area (Å²) in [5.41, 5.74) is 3.13. The molecule has 0 aliphatic carbocycles. The Hall–Kier alpha value is -3.38. The molecular formula is C16H11N5O. The quantitative estimate of drug-likeness (QED) is 0.775. The highest BCUT2D eigenvalue weighted by atomic mass is 16.1. The van der Waals surface area contributed by atoms with Gasteiger partial charge in [0.05, 0.1) is 11.6 Å². The second kappa shape index (κ2) is 5.19. The van der Waals surface area contributed by atoms with Crippen molar-refractivity contribution in [2.75, 3.05) is 0 Å². The summed E-state index contributed by atoms with van der Waals surface area (Å²) in [7, 11) is 0. The predicted molar refractivity (Wildman–Crippen MR) is 79.2 cm³/mol. The molecule has 2 heterocycles. The zero-order valence-corrected chi connectivity index (χ0v) is 11.8. The van der Waals surface area contributed by atoms with Gasteiger partial charge in [0, 0.05) is 23.9 Å². The molecule has 6 nitrogen and oxygen atoms in total. The molecule has 0 saturated heterocycles. The van der Waals surface area contributed by atoms with E-state index in [0.717, 1.165) is 5.56 Å². The summed E-state index contributed by atoms with van der Waals surface area (Å²) in [6, 6.07) is 11.1. The van der Waals surface area contributed by atoms with Gasteiger partial charge in [0.15, 0.2) is 5.65 Å². The second-order valence-corrected chi connectivity index (χ2v) is 4.92. The maximum Gasteiger partial charge on any atom is 0.276 e. The van der Waals surface area contributed by atoms with Gasteiger partial charge in [-0.2, -0.15) is 10.5 Å². The van der Waals surface area contributed by atoms with Crippen LogP contribution in [0, 0.1) is 29.6 Å². The van der Waals surface area contributed by atoms with E-state index in [4.69, 9.17) is 10.5 Å². The predicted octanol–water partition coefficient (Wildman–Crippen LogP) is 1.67. The first-order valence-electron chi connectivity index (χ1n) is 6.63. The van der Waals surface area contributed by atoms with Gasteiger partial charge in [0.2, 0.25) is 0 Å². The Morgan fingerprint density at radius 2 is 1.95 bits per heavy atom. The molecule has 0 radical (unpaired) electrons. The molecule has 0 fully saturated rings. The smallest absolute Gasteiger partial charge is 0.276 e. The molecule has 0 bridgehead atoms. The minimum Gasteiger partial charge on any atom is -0.295 e. The van der Waals surface area contributed by atoms with Crippen molar-refractivity contribution in [2.45, 2.75) is 13.3 Å². The second-order valence-electron chi connectivity index (χ2n) is 4.92. The number of nitrogens with zero attached hydrogens (tertiary/aromatic N) is 4. The van der Waals surface area contributed by atoms with Crippen molar-refractivity contribution < 1.29 is 0 Å². The van der Waals surface area contributed by atoms with Crippen molar-refractivity contribution in [3.8, 4) is 12.1 Å². The van der Waals surface area contributed by atoms with Crippen LogP contribution in [0.5, 0.6) is 0 Å². The summed E-state index contributed by atoms with van der Waals surface area (Å²) in [5, 5.41) is 20.6. The number of hydrogen-bond donors (Lipinski definition) is 1. The summed E-state index contributed by atoms with van der Waals surface area (Å²) >= 11 is 0. The van der Waals surface area contributed by atoms with E-state index >= 15 is 0 Å². The van der Waals surface area contributed by atoms with Crippen LogP contribution in [-0.2, 0) is 6.42 Å². The lowest BCUT2D eigenvalue weighted by molar-refractivity contribution is 0.859. The van der Waals surface area contributed by atoms with E-state index in [1.807, 2.05) is 18.2 Å². The first-order chi connectivity index (χ1) is 10.6. The van der Waals surface area contributed by atoms with Crippen LogP contribution < -0.4 is 5.56 Å². The molecule has 0 unspecified atom stereocenters. The molecule has 1 aromatic carbocycles. The lowest BCUT2D eigenvalue weighted by Gasteiger charge is -2.06. The zero-order valence-electron chi connectivity index (χ0n) is 11.8. The van der Waals surface area contributed by atoms with Gasteiger partial charge in [-0.15, -0.1) is 0 Å². The summed E-state index contributed by atoms with van der Waals surface area (Å²) in [4.78, 5) is 16.9.